The Labute approximate surface area is 179 Å². The first kappa shape index (κ1) is 21.2. The summed E-state index contributed by atoms with van der Waals surface area (Å²) in [6, 6.07) is 12.7. The van der Waals surface area contributed by atoms with Crippen LogP contribution in [0.1, 0.15) is 24.0 Å². The lowest BCUT2D eigenvalue weighted by atomic mass is 10.1. The van der Waals surface area contributed by atoms with Crippen molar-refractivity contribution in [2.24, 2.45) is 0 Å². The van der Waals surface area contributed by atoms with E-state index in [0.29, 0.717) is 35.4 Å². The first-order valence-electron chi connectivity index (χ1n) is 9.18. The minimum atomic E-state index is -0.413. The second kappa shape index (κ2) is 9.81. The standard InChI is InChI=1S/C22H21Cl2NO4/c1-28-22(27)8-5-15-3-2-4-16(9-15)13-25-19(6-7-21(25)26)14-29-20-11-17(23)10-18(24)12-20/h2-5,8-12,19H,6-7,13-14H2,1H3/t19-/m1/s1. The predicted molar refractivity (Wildman–Crippen MR) is 113 cm³/mol. The van der Waals surface area contributed by atoms with Gasteiger partial charge in [-0.1, -0.05) is 41.4 Å². The highest BCUT2D eigenvalue weighted by Gasteiger charge is 2.31. The van der Waals surface area contributed by atoms with Crippen molar-refractivity contribution in [2.45, 2.75) is 25.4 Å². The Kier molecular flexibility index (Phi) is 7.18. The molecule has 0 radical (unpaired) electrons. The van der Waals surface area contributed by atoms with Crippen molar-refractivity contribution < 1.29 is 19.1 Å². The van der Waals surface area contributed by atoms with E-state index < -0.39 is 5.97 Å². The second-order valence-corrected chi connectivity index (χ2v) is 7.60. The Morgan fingerprint density at radius 3 is 2.69 bits per heavy atom. The lowest BCUT2D eigenvalue weighted by Gasteiger charge is -2.25. The molecule has 152 valence electrons. The predicted octanol–water partition coefficient (Wildman–Crippen LogP) is 4.75. The van der Waals surface area contributed by atoms with Crippen LogP contribution in [0.15, 0.2) is 48.5 Å². The SMILES string of the molecule is COC(=O)C=Cc1cccc(CN2C(=O)CC[C@@H]2COc2cc(Cl)cc(Cl)c2)c1. The molecule has 0 bridgehead atoms. The van der Waals surface area contributed by atoms with Gasteiger partial charge in [-0.25, -0.2) is 4.79 Å². The summed E-state index contributed by atoms with van der Waals surface area (Å²) in [5, 5.41) is 1.01. The summed E-state index contributed by atoms with van der Waals surface area (Å²) in [7, 11) is 1.33. The van der Waals surface area contributed by atoms with E-state index in [-0.39, 0.29) is 11.9 Å². The number of esters is 1. The number of hydrogen-bond donors (Lipinski definition) is 0. The zero-order chi connectivity index (χ0) is 20.8. The van der Waals surface area contributed by atoms with Gasteiger partial charge in [0.2, 0.25) is 5.91 Å². The van der Waals surface area contributed by atoms with Gasteiger partial charge < -0.3 is 14.4 Å². The molecule has 2 aromatic rings. The van der Waals surface area contributed by atoms with Crippen LogP contribution in [-0.2, 0) is 20.9 Å². The average molecular weight is 434 g/mol. The number of ether oxygens (including phenoxy) is 2. The molecule has 1 atom stereocenters. The molecule has 0 unspecified atom stereocenters. The van der Waals surface area contributed by atoms with E-state index in [1.807, 2.05) is 29.2 Å². The van der Waals surface area contributed by atoms with Crippen molar-refractivity contribution in [3.05, 3.63) is 69.7 Å². The van der Waals surface area contributed by atoms with Crippen molar-refractivity contribution >= 4 is 41.2 Å². The number of carbonyl (C=O) groups excluding carboxylic acids is 2. The molecule has 3 rings (SSSR count). The van der Waals surface area contributed by atoms with Gasteiger partial charge in [-0.15, -0.1) is 0 Å². The van der Waals surface area contributed by atoms with E-state index in [1.165, 1.54) is 13.2 Å². The molecule has 1 amide bonds. The molecule has 1 aliphatic heterocycles. The number of hydrogen-bond acceptors (Lipinski definition) is 4. The molecule has 1 fully saturated rings. The summed E-state index contributed by atoms with van der Waals surface area (Å²) in [6.07, 6.45) is 4.28. The highest BCUT2D eigenvalue weighted by Crippen LogP contribution is 2.27. The normalized spacial score (nSPS) is 16.4. The first-order valence-corrected chi connectivity index (χ1v) is 9.93. The molecule has 7 heteroatoms. The van der Waals surface area contributed by atoms with Crippen molar-refractivity contribution in [3.8, 4) is 5.75 Å². The largest absolute Gasteiger partial charge is 0.491 e. The molecule has 1 aliphatic rings. The van der Waals surface area contributed by atoms with Crippen molar-refractivity contribution in [2.75, 3.05) is 13.7 Å². The number of nitrogens with zero attached hydrogens (tertiary/aromatic N) is 1. The molecule has 0 spiro atoms. The zero-order valence-electron chi connectivity index (χ0n) is 15.9. The fourth-order valence-electron chi connectivity index (χ4n) is 3.21. The molecule has 0 saturated carbocycles. The molecular formula is C22H21Cl2NO4. The smallest absolute Gasteiger partial charge is 0.330 e. The topological polar surface area (TPSA) is 55.8 Å². The number of rotatable bonds is 7. The summed E-state index contributed by atoms with van der Waals surface area (Å²) >= 11 is 12.0. The van der Waals surface area contributed by atoms with Gasteiger partial charge in [-0.3, -0.25) is 4.79 Å². The van der Waals surface area contributed by atoms with E-state index >= 15 is 0 Å². The molecule has 1 saturated heterocycles. The van der Waals surface area contributed by atoms with Gasteiger partial charge >= 0.3 is 5.97 Å². The van der Waals surface area contributed by atoms with Crippen LogP contribution in [0.5, 0.6) is 5.75 Å². The highest BCUT2D eigenvalue weighted by molar-refractivity contribution is 6.34. The van der Waals surface area contributed by atoms with Crippen molar-refractivity contribution in [3.63, 3.8) is 0 Å². The molecule has 29 heavy (non-hydrogen) atoms. The van der Waals surface area contributed by atoms with E-state index in [1.54, 1.807) is 24.3 Å². The van der Waals surface area contributed by atoms with E-state index in [9.17, 15) is 9.59 Å². The Morgan fingerprint density at radius 1 is 1.21 bits per heavy atom. The molecular weight excluding hydrogens is 413 g/mol. The summed E-state index contributed by atoms with van der Waals surface area (Å²) in [4.78, 5) is 25.5. The van der Waals surface area contributed by atoms with Gasteiger partial charge in [0.25, 0.3) is 0 Å². The zero-order valence-corrected chi connectivity index (χ0v) is 17.4. The number of likely N-dealkylation sites (tertiary alicyclic amines) is 1. The number of amides is 1. The van der Waals surface area contributed by atoms with E-state index in [2.05, 4.69) is 4.74 Å². The van der Waals surface area contributed by atoms with Gasteiger partial charge in [0, 0.05) is 29.1 Å². The van der Waals surface area contributed by atoms with Crippen LogP contribution in [0.3, 0.4) is 0 Å². The molecule has 1 heterocycles. The lowest BCUT2D eigenvalue weighted by Crippen LogP contribution is -2.36. The van der Waals surface area contributed by atoms with Gasteiger partial charge in [-0.2, -0.15) is 0 Å². The Hall–Kier alpha value is -2.50. The summed E-state index contributed by atoms with van der Waals surface area (Å²) in [6.45, 7) is 0.841. The van der Waals surface area contributed by atoms with Crippen LogP contribution in [0.25, 0.3) is 6.08 Å². The molecule has 5 nitrogen and oxygen atoms in total. The molecule has 0 aliphatic carbocycles. The van der Waals surface area contributed by atoms with Crippen LogP contribution in [0.2, 0.25) is 10.0 Å². The Bertz CT molecular complexity index is 909. The molecule has 0 aromatic heterocycles. The molecule has 2 aromatic carbocycles. The maximum atomic E-state index is 12.4. The number of carbonyl (C=O) groups is 2. The third kappa shape index (κ3) is 5.99. The summed E-state index contributed by atoms with van der Waals surface area (Å²) < 4.78 is 10.5. The third-order valence-electron chi connectivity index (χ3n) is 4.65. The molecule has 0 N–H and O–H groups in total. The maximum Gasteiger partial charge on any atom is 0.330 e. The van der Waals surface area contributed by atoms with Crippen LogP contribution in [-0.4, -0.2) is 36.5 Å². The number of benzene rings is 2. The summed E-state index contributed by atoms with van der Waals surface area (Å²) in [5.74, 6) is 0.262. The quantitative estimate of drug-likeness (QED) is 0.466. The second-order valence-electron chi connectivity index (χ2n) is 6.73. The maximum absolute atomic E-state index is 12.4. The minimum Gasteiger partial charge on any atom is -0.491 e. The minimum absolute atomic E-state index is 0.0328. The van der Waals surface area contributed by atoms with E-state index in [0.717, 1.165) is 17.5 Å². The van der Waals surface area contributed by atoms with Crippen LogP contribution in [0.4, 0.5) is 0 Å². The van der Waals surface area contributed by atoms with Gasteiger partial charge in [0.1, 0.15) is 12.4 Å². The van der Waals surface area contributed by atoms with Crippen LogP contribution < -0.4 is 4.74 Å². The van der Waals surface area contributed by atoms with Crippen molar-refractivity contribution in [1.82, 2.24) is 4.90 Å². The van der Waals surface area contributed by atoms with Crippen LogP contribution in [0, 0.1) is 0 Å². The van der Waals surface area contributed by atoms with Crippen molar-refractivity contribution in [1.29, 1.82) is 0 Å². The third-order valence-corrected chi connectivity index (χ3v) is 5.08. The van der Waals surface area contributed by atoms with Gasteiger partial charge in [0.05, 0.1) is 13.2 Å². The Balaban J connectivity index is 1.66. The number of methoxy groups -OCH3 is 1. The van der Waals surface area contributed by atoms with Gasteiger partial charge in [-0.05, 0) is 47.9 Å². The van der Waals surface area contributed by atoms with Gasteiger partial charge in [0.15, 0.2) is 0 Å². The Morgan fingerprint density at radius 2 is 1.97 bits per heavy atom. The fraction of sp³-hybridized carbons (Fsp3) is 0.273. The summed E-state index contributed by atoms with van der Waals surface area (Å²) in [5.41, 5.74) is 1.84. The van der Waals surface area contributed by atoms with Crippen LogP contribution >= 0.6 is 23.2 Å². The number of halogens is 2. The first-order chi connectivity index (χ1) is 13.9. The van der Waals surface area contributed by atoms with E-state index in [4.69, 9.17) is 27.9 Å². The average Bonchev–Trinajstić information content (AvgIpc) is 3.03. The fourth-order valence-corrected chi connectivity index (χ4v) is 3.72. The lowest BCUT2D eigenvalue weighted by molar-refractivity contribution is -0.134. The highest BCUT2D eigenvalue weighted by atomic mass is 35.5. The monoisotopic (exact) mass is 433 g/mol.